The van der Waals surface area contributed by atoms with Crippen LogP contribution in [-0.2, 0) is 0 Å². The molecule has 1 aromatic heterocycles. The van der Waals surface area contributed by atoms with Crippen LogP contribution in [0.25, 0.3) is 10.8 Å². The van der Waals surface area contributed by atoms with E-state index in [1.807, 2.05) is 25.2 Å². The first-order valence-electron chi connectivity index (χ1n) is 6.62. The highest BCUT2D eigenvalue weighted by Crippen LogP contribution is 2.29. The molecule has 7 heteroatoms. The Morgan fingerprint density at radius 3 is 2.33 bits per heavy atom. The van der Waals surface area contributed by atoms with E-state index < -0.39 is 0 Å². The summed E-state index contributed by atoms with van der Waals surface area (Å²) in [5.74, 6) is 0.953. The van der Waals surface area contributed by atoms with Gasteiger partial charge in [0.05, 0.1) is 0 Å². The lowest BCUT2D eigenvalue weighted by atomic mass is 10.0. The van der Waals surface area contributed by atoms with Crippen LogP contribution in [0, 0.1) is 0 Å². The first-order chi connectivity index (χ1) is 9.29. The van der Waals surface area contributed by atoms with E-state index in [1.54, 1.807) is 0 Å². The molecule has 0 amide bonds. The topological polar surface area (TPSA) is 41.0 Å². The van der Waals surface area contributed by atoms with Crippen LogP contribution in [0.3, 0.4) is 0 Å². The van der Waals surface area contributed by atoms with Crippen LogP contribution in [0.1, 0.15) is 12.8 Å². The molecule has 2 heterocycles. The first kappa shape index (κ1) is 18.2. The van der Waals surface area contributed by atoms with E-state index in [9.17, 15) is 0 Å². The van der Waals surface area contributed by atoms with Gasteiger partial charge in [0.15, 0.2) is 11.0 Å². The SMILES string of the molecule is CNC1CCN(c2nnc(Cl)c3ccccc23)CC1.Cl.Cl. The molecule has 1 N–H and O–H groups in total. The Bertz CT molecular complexity index is 585. The number of halogens is 3. The van der Waals surface area contributed by atoms with Gasteiger partial charge in [0, 0.05) is 29.9 Å². The number of nitrogens with zero attached hydrogens (tertiary/aromatic N) is 3. The first-order valence-corrected chi connectivity index (χ1v) is 7.00. The molecule has 0 bridgehead atoms. The maximum Gasteiger partial charge on any atom is 0.159 e. The molecule has 2 aromatic rings. The third kappa shape index (κ3) is 3.69. The molecule has 1 aliphatic heterocycles. The molecule has 116 valence electrons. The second kappa shape index (κ2) is 7.99. The average molecular weight is 350 g/mol. The number of rotatable bonds is 2. The zero-order valence-electron chi connectivity index (χ0n) is 11.8. The van der Waals surface area contributed by atoms with Gasteiger partial charge in [-0.3, -0.25) is 0 Å². The Kier molecular flexibility index (Phi) is 6.94. The lowest BCUT2D eigenvalue weighted by molar-refractivity contribution is 0.441. The van der Waals surface area contributed by atoms with Crippen molar-refractivity contribution in [2.45, 2.75) is 18.9 Å². The highest BCUT2D eigenvalue weighted by Gasteiger charge is 2.21. The van der Waals surface area contributed by atoms with Crippen molar-refractivity contribution in [2.75, 3.05) is 25.0 Å². The molecule has 1 fully saturated rings. The number of benzene rings is 1. The molecule has 1 saturated heterocycles. The van der Waals surface area contributed by atoms with Gasteiger partial charge in [-0.05, 0) is 19.9 Å². The number of aromatic nitrogens is 2. The molecule has 1 aromatic carbocycles. The second-order valence-corrected chi connectivity index (χ2v) is 5.27. The number of hydrogen-bond acceptors (Lipinski definition) is 4. The molecule has 0 spiro atoms. The second-order valence-electron chi connectivity index (χ2n) is 4.91. The number of piperidine rings is 1. The molecular weight excluding hydrogens is 331 g/mol. The third-order valence-electron chi connectivity index (χ3n) is 3.83. The number of fused-ring (bicyclic) bond motifs is 1. The molecule has 0 atom stereocenters. The predicted molar refractivity (Wildman–Crippen MR) is 93.3 cm³/mol. The summed E-state index contributed by atoms with van der Waals surface area (Å²) in [6.07, 6.45) is 2.27. The summed E-state index contributed by atoms with van der Waals surface area (Å²) in [6, 6.07) is 8.67. The van der Waals surface area contributed by atoms with Gasteiger partial charge in [-0.15, -0.1) is 35.0 Å². The van der Waals surface area contributed by atoms with Crippen molar-refractivity contribution >= 4 is 53.0 Å². The average Bonchev–Trinajstić information content (AvgIpc) is 2.48. The standard InChI is InChI=1S/C14H17ClN4.2ClH/c1-16-10-6-8-19(9-7-10)14-12-5-3-2-4-11(12)13(15)17-18-14;;/h2-5,10,16H,6-9H2,1H3;2*1H. The lowest BCUT2D eigenvalue weighted by Crippen LogP contribution is -2.41. The molecule has 21 heavy (non-hydrogen) atoms. The Hall–Kier alpha value is -0.810. The van der Waals surface area contributed by atoms with Crippen molar-refractivity contribution < 1.29 is 0 Å². The maximum atomic E-state index is 6.11. The highest BCUT2D eigenvalue weighted by atomic mass is 35.5. The van der Waals surface area contributed by atoms with Gasteiger partial charge in [-0.1, -0.05) is 35.9 Å². The van der Waals surface area contributed by atoms with Crippen LogP contribution < -0.4 is 10.2 Å². The van der Waals surface area contributed by atoms with E-state index in [2.05, 4.69) is 26.5 Å². The van der Waals surface area contributed by atoms with Crippen molar-refractivity contribution in [3.05, 3.63) is 29.4 Å². The Morgan fingerprint density at radius 1 is 1.10 bits per heavy atom. The van der Waals surface area contributed by atoms with Crippen molar-refractivity contribution in [1.29, 1.82) is 0 Å². The van der Waals surface area contributed by atoms with Crippen LogP contribution in [0.15, 0.2) is 24.3 Å². The fourth-order valence-electron chi connectivity index (χ4n) is 2.67. The minimum atomic E-state index is 0. The Balaban J connectivity index is 0.00000110. The minimum Gasteiger partial charge on any atom is -0.354 e. The van der Waals surface area contributed by atoms with Gasteiger partial charge in [0.2, 0.25) is 0 Å². The highest BCUT2D eigenvalue weighted by molar-refractivity contribution is 6.34. The molecule has 1 aliphatic rings. The molecular formula is C14H19Cl3N4. The van der Waals surface area contributed by atoms with E-state index >= 15 is 0 Å². The minimum absolute atomic E-state index is 0. The monoisotopic (exact) mass is 348 g/mol. The van der Waals surface area contributed by atoms with Crippen LogP contribution in [0.2, 0.25) is 5.15 Å². The molecule has 4 nitrogen and oxygen atoms in total. The zero-order chi connectivity index (χ0) is 13.2. The van der Waals surface area contributed by atoms with Crippen LogP contribution >= 0.6 is 36.4 Å². The number of hydrogen-bond donors (Lipinski definition) is 1. The molecule has 0 radical (unpaired) electrons. The predicted octanol–water partition coefficient (Wildman–Crippen LogP) is 3.32. The fraction of sp³-hybridized carbons (Fsp3) is 0.429. The van der Waals surface area contributed by atoms with E-state index in [-0.39, 0.29) is 24.8 Å². The Labute approximate surface area is 142 Å². The Morgan fingerprint density at radius 2 is 1.71 bits per heavy atom. The van der Waals surface area contributed by atoms with Crippen molar-refractivity contribution in [1.82, 2.24) is 15.5 Å². The van der Waals surface area contributed by atoms with Gasteiger partial charge in [-0.25, -0.2) is 0 Å². The van der Waals surface area contributed by atoms with E-state index in [0.717, 1.165) is 42.5 Å². The molecule has 0 saturated carbocycles. The van der Waals surface area contributed by atoms with Gasteiger partial charge in [-0.2, -0.15) is 0 Å². The molecule has 3 rings (SSSR count). The van der Waals surface area contributed by atoms with Crippen molar-refractivity contribution in [3.8, 4) is 0 Å². The van der Waals surface area contributed by atoms with Crippen LogP contribution in [0.4, 0.5) is 5.82 Å². The maximum absolute atomic E-state index is 6.11. The van der Waals surface area contributed by atoms with E-state index in [0.29, 0.717) is 11.2 Å². The van der Waals surface area contributed by atoms with Crippen molar-refractivity contribution in [3.63, 3.8) is 0 Å². The summed E-state index contributed by atoms with van der Waals surface area (Å²) in [7, 11) is 2.03. The van der Waals surface area contributed by atoms with Crippen LogP contribution in [-0.4, -0.2) is 36.4 Å². The summed E-state index contributed by atoms with van der Waals surface area (Å²) < 4.78 is 0. The van der Waals surface area contributed by atoms with Crippen molar-refractivity contribution in [2.24, 2.45) is 0 Å². The van der Waals surface area contributed by atoms with Gasteiger partial charge in [0.25, 0.3) is 0 Å². The fourth-order valence-corrected chi connectivity index (χ4v) is 2.87. The van der Waals surface area contributed by atoms with E-state index in [1.165, 1.54) is 0 Å². The summed E-state index contributed by atoms with van der Waals surface area (Å²) in [5, 5.41) is 14.3. The van der Waals surface area contributed by atoms with Crippen LogP contribution in [0.5, 0.6) is 0 Å². The summed E-state index contributed by atoms with van der Waals surface area (Å²) in [5.41, 5.74) is 0. The molecule has 0 unspecified atom stereocenters. The summed E-state index contributed by atoms with van der Waals surface area (Å²) in [4.78, 5) is 2.31. The number of anilines is 1. The zero-order valence-corrected chi connectivity index (χ0v) is 14.1. The summed E-state index contributed by atoms with van der Waals surface area (Å²) >= 11 is 6.11. The lowest BCUT2D eigenvalue weighted by Gasteiger charge is -2.32. The van der Waals surface area contributed by atoms with Gasteiger partial charge in [0.1, 0.15) is 0 Å². The normalized spacial score (nSPS) is 15.4. The summed E-state index contributed by atoms with van der Waals surface area (Å²) in [6.45, 7) is 2.01. The molecule has 0 aliphatic carbocycles. The quantitative estimate of drug-likeness (QED) is 0.903. The van der Waals surface area contributed by atoms with Gasteiger partial charge < -0.3 is 10.2 Å². The number of nitrogens with one attached hydrogen (secondary N) is 1. The largest absolute Gasteiger partial charge is 0.354 e. The van der Waals surface area contributed by atoms with Gasteiger partial charge >= 0.3 is 0 Å². The van der Waals surface area contributed by atoms with E-state index in [4.69, 9.17) is 11.6 Å². The smallest absolute Gasteiger partial charge is 0.159 e. The third-order valence-corrected chi connectivity index (χ3v) is 4.10.